The molecule has 1 aliphatic heterocycles. The average molecular weight is 336 g/mol. The molecule has 0 saturated heterocycles. The fourth-order valence-corrected chi connectivity index (χ4v) is 3.49. The lowest BCUT2D eigenvalue weighted by molar-refractivity contribution is 0.0437. The Labute approximate surface area is 144 Å². The van der Waals surface area contributed by atoms with Crippen LogP contribution in [0.5, 0.6) is 0 Å². The van der Waals surface area contributed by atoms with Gasteiger partial charge in [0.05, 0.1) is 11.3 Å². The number of cyclic esters (lactones) is 1. The van der Waals surface area contributed by atoms with Gasteiger partial charge in [-0.25, -0.2) is 9.78 Å². The molecule has 0 aliphatic carbocycles. The number of hydrogen-bond donors (Lipinski definition) is 1. The second kappa shape index (κ2) is 6.09. The van der Waals surface area contributed by atoms with E-state index in [4.69, 9.17) is 4.74 Å². The molecule has 120 valence electrons. The number of rotatable bonds is 4. The van der Waals surface area contributed by atoms with Crippen LogP contribution in [0.25, 0.3) is 11.3 Å². The second-order valence-corrected chi connectivity index (χ2v) is 6.46. The zero-order valence-corrected chi connectivity index (χ0v) is 14.0. The van der Waals surface area contributed by atoms with Crippen molar-refractivity contribution < 1.29 is 9.53 Å². The molecular weight excluding hydrogens is 320 g/mol. The van der Waals surface area contributed by atoms with Gasteiger partial charge in [0, 0.05) is 16.5 Å². The molecule has 0 spiro atoms. The van der Waals surface area contributed by atoms with E-state index in [1.165, 1.54) is 16.9 Å². The van der Waals surface area contributed by atoms with Crippen LogP contribution < -0.4 is 5.32 Å². The van der Waals surface area contributed by atoms with Crippen molar-refractivity contribution in [3.63, 3.8) is 0 Å². The fraction of sp³-hybridized carbons (Fsp3) is 0.158. The Morgan fingerprint density at radius 3 is 2.75 bits per heavy atom. The van der Waals surface area contributed by atoms with Crippen LogP contribution in [0.1, 0.15) is 34.6 Å². The zero-order valence-electron chi connectivity index (χ0n) is 13.2. The summed E-state index contributed by atoms with van der Waals surface area (Å²) in [7, 11) is 0. The van der Waals surface area contributed by atoms with E-state index in [0.29, 0.717) is 5.56 Å². The highest BCUT2D eigenvalue weighted by atomic mass is 32.1. The number of hydrogen-bond acceptors (Lipinski definition) is 5. The number of anilines is 1. The number of fused-ring (bicyclic) bond motifs is 1. The van der Waals surface area contributed by atoms with E-state index in [1.807, 2.05) is 23.6 Å². The maximum atomic E-state index is 11.9. The Morgan fingerprint density at radius 2 is 1.96 bits per heavy atom. The van der Waals surface area contributed by atoms with Gasteiger partial charge in [0.15, 0.2) is 5.13 Å². The van der Waals surface area contributed by atoms with E-state index in [-0.39, 0.29) is 5.97 Å². The quantitative estimate of drug-likeness (QED) is 0.704. The van der Waals surface area contributed by atoms with Crippen molar-refractivity contribution in [2.45, 2.75) is 19.6 Å². The summed E-state index contributed by atoms with van der Waals surface area (Å²) in [6, 6.07) is 15.8. The molecule has 4 rings (SSSR count). The molecule has 4 nitrogen and oxygen atoms in total. The Hall–Kier alpha value is -2.66. The molecule has 3 aromatic rings. The first-order valence-corrected chi connectivity index (χ1v) is 8.74. The minimum atomic E-state index is -0.477. The highest BCUT2D eigenvalue weighted by Gasteiger charge is 2.30. The maximum Gasteiger partial charge on any atom is 0.340 e. The minimum Gasteiger partial charge on any atom is -0.434 e. The highest BCUT2D eigenvalue weighted by Crippen LogP contribution is 2.33. The zero-order chi connectivity index (χ0) is 16.5. The first-order valence-electron chi connectivity index (χ1n) is 7.86. The predicted octanol–water partition coefficient (Wildman–Crippen LogP) is 4.65. The average Bonchev–Trinajstić information content (AvgIpc) is 3.21. The number of thiazole rings is 1. The van der Waals surface area contributed by atoms with Gasteiger partial charge in [0.2, 0.25) is 6.23 Å². The monoisotopic (exact) mass is 336 g/mol. The molecule has 1 aliphatic rings. The number of carbonyl (C=O) groups is 1. The molecule has 0 saturated carbocycles. The lowest BCUT2D eigenvalue weighted by Crippen LogP contribution is -2.09. The number of aromatic nitrogens is 1. The molecule has 0 unspecified atom stereocenters. The van der Waals surface area contributed by atoms with Gasteiger partial charge in [-0.2, -0.15) is 0 Å². The summed E-state index contributed by atoms with van der Waals surface area (Å²) in [5.74, 6) is -0.296. The molecule has 1 N–H and O–H groups in total. The molecule has 2 heterocycles. The summed E-state index contributed by atoms with van der Waals surface area (Å²) in [6.45, 7) is 2.14. The van der Waals surface area contributed by atoms with Gasteiger partial charge in [-0.05, 0) is 18.1 Å². The summed E-state index contributed by atoms with van der Waals surface area (Å²) in [6.07, 6.45) is 0.548. The van der Waals surface area contributed by atoms with E-state index in [9.17, 15) is 4.79 Å². The minimum absolute atomic E-state index is 0.296. The first kappa shape index (κ1) is 14.9. The van der Waals surface area contributed by atoms with E-state index in [0.717, 1.165) is 28.4 Å². The van der Waals surface area contributed by atoms with Crippen molar-refractivity contribution in [2.24, 2.45) is 0 Å². The third-order valence-corrected chi connectivity index (χ3v) is 4.88. The Balaban J connectivity index is 1.55. The van der Waals surface area contributed by atoms with E-state index in [2.05, 4.69) is 41.5 Å². The summed E-state index contributed by atoms with van der Waals surface area (Å²) >= 11 is 1.50. The first-order chi connectivity index (χ1) is 11.7. The third kappa shape index (κ3) is 2.67. The van der Waals surface area contributed by atoms with Gasteiger partial charge in [-0.15, -0.1) is 11.3 Å². The number of nitrogens with one attached hydrogen (secondary N) is 1. The van der Waals surface area contributed by atoms with Gasteiger partial charge in [-0.3, -0.25) is 0 Å². The molecule has 1 atom stereocenters. The van der Waals surface area contributed by atoms with Gasteiger partial charge < -0.3 is 10.1 Å². The lowest BCUT2D eigenvalue weighted by Gasteiger charge is -2.11. The summed E-state index contributed by atoms with van der Waals surface area (Å²) < 4.78 is 5.40. The molecule has 1 aromatic heterocycles. The number of esters is 1. The highest BCUT2D eigenvalue weighted by molar-refractivity contribution is 7.14. The van der Waals surface area contributed by atoms with Crippen LogP contribution in [0.15, 0.2) is 53.9 Å². The van der Waals surface area contributed by atoms with Crippen LogP contribution in [0.2, 0.25) is 0 Å². The molecule has 0 amide bonds. The normalized spacial score (nSPS) is 15.9. The molecule has 0 radical (unpaired) electrons. The topological polar surface area (TPSA) is 51.2 Å². The number of nitrogens with zero attached hydrogens (tertiary/aromatic N) is 1. The van der Waals surface area contributed by atoms with Gasteiger partial charge >= 0.3 is 5.97 Å². The van der Waals surface area contributed by atoms with Crippen molar-refractivity contribution >= 4 is 22.4 Å². The van der Waals surface area contributed by atoms with Crippen molar-refractivity contribution in [2.75, 3.05) is 5.32 Å². The van der Waals surface area contributed by atoms with Crippen molar-refractivity contribution in [1.29, 1.82) is 0 Å². The Morgan fingerprint density at radius 1 is 1.17 bits per heavy atom. The largest absolute Gasteiger partial charge is 0.434 e. The fourth-order valence-electron chi connectivity index (χ4n) is 2.75. The number of carbonyl (C=O) groups excluding carboxylic acids is 1. The Bertz CT molecular complexity index is 886. The number of benzene rings is 2. The van der Waals surface area contributed by atoms with Crippen molar-refractivity contribution in [3.05, 3.63) is 70.6 Å². The Kier molecular flexibility index (Phi) is 3.78. The van der Waals surface area contributed by atoms with Gasteiger partial charge in [-0.1, -0.05) is 49.4 Å². The molecular formula is C19H16N2O2S. The summed E-state index contributed by atoms with van der Waals surface area (Å²) in [5, 5.41) is 5.95. The van der Waals surface area contributed by atoms with Crippen LogP contribution in [0.3, 0.4) is 0 Å². The van der Waals surface area contributed by atoms with Crippen LogP contribution in [0, 0.1) is 0 Å². The predicted molar refractivity (Wildman–Crippen MR) is 95.1 cm³/mol. The molecule has 2 aromatic carbocycles. The second-order valence-electron chi connectivity index (χ2n) is 5.61. The molecule has 5 heteroatoms. The number of ether oxygens (including phenoxy) is 1. The van der Waals surface area contributed by atoms with E-state index < -0.39 is 6.23 Å². The van der Waals surface area contributed by atoms with E-state index in [1.54, 1.807) is 6.07 Å². The van der Waals surface area contributed by atoms with Crippen LogP contribution in [-0.2, 0) is 11.2 Å². The van der Waals surface area contributed by atoms with Crippen molar-refractivity contribution in [1.82, 2.24) is 4.98 Å². The van der Waals surface area contributed by atoms with Crippen molar-refractivity contribution in [3.8, 4) is 11.3 Å². The molecule has 0 fully saturated rings. The third-order valence-electron chi connectivity index (χ3n) is 4.10. The lowest BCUT2D eigenvalue weighted by atomic mass is 10.1. The summed E-state index contributed by atoms with van der Waals surface area (Å²) in [4.78, 5) is 16.5. The SMILES string of the molecule is CCc1ccc(-c2csc(N[C@H]3OC(=O)c4ccccc43)n2)cc1. The summed E-state index contributed by atoms with van der Waals surface area (Å²) in [5.41, 5.74) is 4.78. The van der Waals surface area contributed by atoms with Crippen LogP contribution in [-0.4, -0.2) is 11.0 Å². The standard InChI is InChI=1S/C19H16N2O2S/c1-2-12-7-9-13(10-8-12)16-11-24-19(20-16)21-17-14-5-3-4-6-15(14)18(22)23-17/h3-11,17H,2H2,1H3,(H,20,21)/t17-/m0/s1. The number of aryl methyl sites for hydroxylation is 1. The van der Waals surface area contributed by atoms with Crippen LogP contribution in [0.4, 0.5) is 5.13 Å². The van der Waals surface area contributed by atoms with E-state index >= 15 is 0 Å². The maximum absolute atomic E-state index is 11.9. The van der Waals surface area contributed by atoms with Gasteiger partial charge in [0.1, 0.15) is 0 Å². The van der Waals surface area contributed by atoms with Crippen LogP contribution >= 0.6 is 11.3 Å². The molecule has 0 bridgehead atoms. The molecule has 24 heavy (non-hydrogen) atoms. The van der Waals surface area contributed by atoms with Gasteiger partial charge in [0.25, 0.3) is 0 Å². The smallest absolute Gasteiger partial charge is 0.340 e.